The molecule has 9 nitrogen and oxygen atoms in total. The van der Waals surface area contributed by atoms with E-state index < -0.39 is 19.7 Å². The minimum Gasteiger partial charge on any atom is -0.756 e. The van der Waals surface area contributed by atoms with Gasteiger partial charge in [-0.05, 0) is 6.92 Å². The fraction of sp³-hybridized carbons (Fsp3) is 0.556. The van der Waals surface area contributed by atoms with Gasteiger partial charge < -0.3 is 29.1 Å². The Morgan fingerprint density at radius 2 is 1.79 bits per heavy atom. The largest absolute Gasteiger partial charge is 0.756 e. The first-order valence-corrected chi connectivity index (χ1v) is 6.29. The van der Waals surface area contributed by atoms with Crippen molar-refractivity contribution in [3.05, 3.63) is 11.8 Å². The van der Waals surface area contributed by atoms with Crippen molar-refractivity contribution in [3.63, 3.8) is 0 Å². The van der Waals surface area contributed by atoms with Gasteiger partial charge in [-0.3, -0.25) is 14.2 Å². The van der Waals surface area contributed by atoms with Crippen LogP contribution >= 0.6 is 7.82 Å². The number of esters is 1. The Morgan fingerprint density at radius 3 is 2.05 bits per heavy atom. The standard InChI is InChI=1S/C7H11NO4.C2H7O4P/c1-5(9)3-6(10)8-4-7(11)12-2;1-5-7(3,4)6-2/h3,9H,4H2,1-2H3,(H,8,10);1-2H3,(H,3,4)/p-1/b5-3-;. The first kappa shape index (κ1) is 19.9. The molecule has 0 bridgehead atoms. The predicted octanol–water partition coefficient (Wildman–Crippen LogP) is -0.515. The molecule has 0 rings (SSSR count). The SMILES string of the molecule is COC(=O)CNC(=O)/C=C(/C)O.COP(=O)([O-])OC. The second-order valence-electron chi connectivity index (χ2n) is 2.89. The summed E-state index contributed by atoms with van der Waals surface area (Å²) in [5.41, 5.74) is 0. The van der Waals surface area contributed by atoms with Gasteiger partial charge in [0, 0.05) is 20.3 Å². The quantitative estimate of drug-likeness (QED) is 0.300. The normalized spacial score (nSPS) is 11.1. The fourth-order valence-electron chi connectivity index (χ4n) is 0.547. The minimum atomic E-state index is -3.90. The molecule has 0 atom stereocenters. The van der Waals surface area contributed by atoms with Crippen molar-refractivity contribution in [1.82, 2.24) is 5.32 Å². The van der Waals surface area contributed by atoms with Crippen LogP contribution in [0, 0.1) is 0 Å². The number of allylic oxidation sites excluding steroid dienone is 1. The smallest absolute Gasteiger partial charge is 0.325 e. The van der Waals surface area contributed by atoms with E-state index in [2.05, 4.69) is 19.1 Å². The first-order chi connectivity index (χ1) is 8.68. The summed E-state index contributed by atoms with van der Waals surface area (Å²) in [7, 11) is -0.603. The van der Waals surface area contributed by atoms with Crippen LogP contribution < -0.4 is 10.2 Å². The summed E-state index contributed by atoms with van der Waals surface area (Å²) in [5.74, 6) is -1.18. The molecular weight excluding hydrogens is 281 g/mol. The Bertz CT molecular complexity index is 355. The monoisotopic (exact) mass is 298 g/mol. The van der Waals surface area contributed by atoms with Crippen LogP contribution in [-0.2, 0) is 27.9 Å². The van der Waals surface area contributed by atoms with Gasteiger partial charge in [0.1, 0.15) is 6.54 Å². The van der Waals surface area contributed by atoms with Gasteiger partial charge in [0.15, 0.2) is 0 Å². The summed E-state index contributed by atoms with van der Waals surface area (Å²) in [5, 5.41) is 10.8. The molecule has 0 unspecified atom stereocenters. The molecule has 1 amide bonds. The van der Waals surface area contributed by atoms with Crippen molar-refractivity contribution in [2.75, 3.05) is 27.9 Å². The number of nitrogens with one attached hydrogen (secondary N) is 1. The topological polar surface area (TPSA) is 134 Å². The van der Waals surface area contributed by atoms with E-state index in [4.69, 9.17) is 5.11 Å². The summed E-state index contributed by atoms with van der Waals surface area (Å²) in [6.45, 7) is 1.16. The van der Waals surface area contributed by atoms with Gasteiger partial charge in [-0.25, -0.2) is 0 Å². The molecule has 0 radical (unpaired) electrons. The van der Waals surface area contributed by atoms with Gasteiger partial charge in [-0.15, -0.1) is 0 Å². The highest BCUT2D eigenvalue weighted by atomic mass is 31.2. The van der Waals surface area contributed by atoms with Crippen LogP contribution in [0.4, 0.5) is 0 Å². The van der Waals surface area contributed by atoms with E-state index in [1.54, 1.807) is 0 Å². The summed E-state index contributed by atoms with van der Waals surface area (Å²) < 4.78 is 21.9. The molecule has 2 N–H and O–H groups in total. The molecule has 0 saturated heterocycles. The van der Waals surface area contributed by atoms with Gasteiger partial charge >= 0.3 is 5.97 Å². The lowest BCUT2D eigenvalue weighted by atomic mass is 10.4. The van der Waals surface area contributed by atoms with E-state index in [9.17, 15) is 19.0 Å². The number of ether oxygens (including phenoxy) is 1. The van der Waals surface area contributed by atoms with Crippen molar-refractivity contribution in [2.24, 2.45) is 0 Å². The maximum Gasteiger partial charge on any atom is 0.325 e. The van der Waals surface area contributed by atoms with E-state index >= 15 is 0 Å². The van der Waals surface area contributed by atoms with Crippen LogP contribution in [0.15, 0.2) is 11.8 Å². The van der Waals surface area contributed by atoms with Gasteiger partial charge in [0.25, 0.3) is 7.82 Å². The zero-order valence-electron chi connectivity index (χ0n) is 11.0. The van der Waals surface area contributed by atoms with Crippen molar-refractivity contribution >= 4 is 19.7 Å². The molecule has 0 aromatic heterocycles. The van der Waals surface area contributed by atoms with E-state index in [-0.39, 0.29) is 12.3 Å². The Hall–Kier alpha value is -1.41. The number of carbonyl (C=O) groups excluding carboxylic acids is 2. The summed E-state index contributed by atoms with van der Waals surface area (Å²) in [6, 6.07) is 0. The molecule has 10 heteroatoms. The summed E-state index contributed by atoms with van der Waals surface area (Å²) in [6.07, 6.45) is 0.975. The zero-order valence-corrected chi connectivity index (χ0v) is 11.9. The highest BCUT2D eigenvalue weighted by Gasteiger charge is 2.02. The number of amides is 1. The molecule has 0 aliphatic carbocycles. The Balaban J connectivity index is 0. The molecular formula is C9H17NO8P-. The van der Waals surface area contributed by atoms with E-state index in [1.165, 1.54) is 14.0 Å². The van der Waals surface area contributed by atoms with E-state index in [1.807, 2.05) is 0 Å². The third-order valence-electron chi connectivity index (χ3n) is 1.42. The average molecular weight is 298 g/mol. The van der Waals surface area contributed by atoms with Crippen LogP contribution in [0.5, 0.6) is 0 Å². The molecule has 0 aliphatic heterocycles. The summed E-state index contributed by atoms with van der Waals surface area (Å²) >= 11 is 0. The Morgan fingerprint density at radius 1 is 1.32 bits per heavy atom. The Kier molecular flexibility index (Phi) is 11.0. The van der Waals surface area contributed by atoms with E-state index in [0.29, 0.717) is 0 Å². The number of phosphoric acid groups is 1. The van der Waals surface area contributed by atoms with Crippen LogP contribution in [0.3, 0.4) is 0 Å². The minimum absolute atomic E-state index is 0.114. The molecule has 0 aromatic carbocycles. The zero-order chi connectivity index (χ0) is 15.5. The van der Waals surface area contributed by atoms with Gasteiger partial charge in [-0.2, -0.15) is 0 Å². The number of rotatable bonds is 5. The molecule has 0 heterocycles. The number of methoxy groups -OCH3 is 1. The van der Waals surface area contributed by atoms with Crippen LogP contribution in [0.25, 0.3) is 0 Å². The number of aliphatic hydroxyl groups is 1. The third kappa shape index (κ3) is 14.5. The van der Waals surface area contributed by atoms with Crippen LogP contribution in [0.1, 0.15) is 6.92 Å². The van der Waals surface area contributed by atoms with E-state index in [0.717, 1.165) is 20.3 Å². The number of aliphatic hydroxyl groups excluding tert-OH is 1. The molecule has 0 aromatic rings. The van der Waals surface area contributed by atoms with Crippen LogP contribution in [0.2, 0.25) is 0 Å². The average Bonchev–Trinajstić information content (AvgIpc) is 2.35. The van der Waals surface area contributed by atoms with Crippen molar-refractivity contribution < 1.29 is 37.9 Å². The lowest BCUT2D eigenvalue weighted by molar-refractivity contribution is -0.220. The molecule has 0 spiro atoms. The lowest BCUT2D eigenvalue weighted by Crippen LogP contribution is -2.28. The second-order valence-corrected chi connectivity index (χ2v) is 4.52. The number of phosphoric ester groups is 1. The highest BCUT2D eigenvalue weighted by molar-refractivity contribution is 7.45. The lowest BCUT2D eigenvalue weighted by Gasteiger charge is -2.16. The van der Waals surface area contributed by atoms with Gasteiger partial charge in [0.2, 0.25) is 5.91 Å². The maximum absolute atomic E-state index is 10.7. The number of carbonyl (C=O) groups is 2. The molecule has 0 fully saturated rings. The molecule has 19 heavy (non-hydrogen) atoms. The maximum atomic E-state index is 10.7. The van der Waals surface area contributed by atoms with Crippen LogP contribution in [-0.4, -0.2) is 44.9 Å². The summed E-state index contributed by atoms with van der Waals surface area (Å²) in [4.78, 5) is 31.2. The van der Waals surface area contributed by atoms with Gasteiger partial charge in [0.05, 0.1) is 12.9 Å². The van der Waals surface area contributed by atoms with Crippen molar-refractivity contribution in [1.29, 1.82) is 0 Å². The highest BCUT2D eigenvalue weighted by Crippen LogP contribution is 2.34. The first-order valence-electron chi connectivity index (χ1n) is 4.83. The van der Waals surface area contributed by atoms with Crippen molar-refractivity contribution in [2.45, 2.75) is 6.92 Å². The second kappa shape index (κ2) is 10.5. The molecule has 0 saturated carbocycles. The molecule has 112 valence electrons. The predicted molar refractivity (Wildman–Crippen MR) is 63.0 cm³/mol. The third-order valence-corrected chi connectivity index (χ3v) is 2.32. The Labute approximate surface area is 110 Å². The molecule has 0 aliphatic rings. The fourth-order valence-corrected chi connectivity index (χ4v) is 0.696. The number of hydrogen-bond acceptors (Lipinski definition) is 8. The van der Waals surface area contributed by atoms with Crippen molar-refractivity contribution in [3.8, 4) is 0 Å². The van der Waals surface area contributed by atoms with Gasteiger partial charge in [-0.1, -0.05) is 0 Å². The number of hydrogen-bond donors (Lipinski definition) is 2.